The molecule has 0 bridgehead atoms. The Kier molecular flexibility index (Phi) is 1.41. The van der Waals surface area contributed by atoms with Crippen LogP contribution in [0.1, 0.15) is 33.6 Å². The molecule has 0 heterocycles. The van der Waals surface area contributed by atoms with Gasteiger partial charge in [0.2, 0.25) is 0 Å². The van der Waals surface area contributed by atoms with Crippen LogP contribution in [0.25, 0.3) is 0 Å². The van der Waals surface area contributed by atoms with Crippen LogP contribution in [0.4, 0.5) is 0 Å². The molecule has 0 aromatic heterocycles. The largest absolute Gasteiger partial charge is 0.0741 e. The van der Waals surface area contributed by atoms with Crippen LogP contribution in [0.2, 0.25) is 0 Å². The van der Waals surface area contributed by atoms with E-state index in [0.717, 1.165) is 5.92 Å². The predicted octanol–water partition coefficient (Wildman–Crippen LogP) is 2.75. The fraction of sp³-hybridized carbons (Fsp3) is 0.750. The summed E-state index contributed by atoms with van der Waals surface area (Å²) in [5.41, 5.74) is 3.25. The molecule has 0 saturated carbocycles. The number of allylic oxidation sites excluding steroid dienone is 2. The van der Waals surface area contributed by atoms with E-state index in [1.807, 2.05) is 0 Å². The van der Waals surface area contributed by atoms with Crippen LogP contribution < -0.4 is 0 Å². The van der Waals surface area contributed by atoms with Crippen molar-refractivity contribution >= 4 is 0 Å². The van der Waals surface area contributed by atoms with Crippen LogP contribution in [0.5, 0.6) is 0 Å². The maximum absolute atomic E-state index is 2.31. The summed E-state index contributed by atoms with van der Waals surface area (Å²) in [5, 5.41) is 0. The third-order valence-electron chi connectivity index (χ3n) is 2.36. The molecule has 0 N–H and O–H groups in total. The van der Waals surface area contributed by atoms with E-state index >= 15 is 0 Å². The van der Waals surface area contributed by atoms with Gasteiger partial charge in [-0.1, -0.05) is 18.1 Å². The highest BCUT2D eigenvalue weighted by Gasteiger charge is 2.13. The van der Waals surface area contributed by atoms with Crippen molar-refractivity contribution in [3.05, 3.63) is 11.1 Å². The van der Waals surface area contributed by atoms with E-state index in [1.54, 1.807) is 11.1 Å². The summed E-state index contributed by atoms with van der Waals surface area (Å²) < 4.78 is 0. The van der Waals surface area contributed by atoms with Gasteiger partial charge in [-0.05, 0) is 32.6 Å². The van der Waals surface area contributed by atoms with Gasteiger partial charge < -0.3 is 0 Å². The fourth-order valence-electron chi connectivity index (χ4n) is 1.27. The van der Waals surface area contributed by atoms with E-state index in [0.29, 0.717) is 0 Å². The maximum Gasteiger partial charge on any atom is -0.0229 e. The van der Waals surface area contributed by atoms with E-state index in [1.165, 1.54) is 12.8 Å². The van der Waals surface area contributed by atoms with Gasteiger partial charge in [-0.15, -0.1) is 0 Å². The molecule has 0 aromatic rings. The molecule has 0 spiro atoms. The summed E-state index contributed by atoms with van der Waals surface area (Å²) in [7, 11) is 0. The SMILES string of the molecule is CC1=C(C)C(C)CC1. The van der Waals surface area contributed by atoms with Gasteiger partial charge in [-0.2, -0.15) is 0 Å². The minimum absolute atomic E-state index is 0.870. The van der Waals surface area contributed by atoms with Crippen molar-refractivity contribution in [1.82, 2.24) is 0 Å². The van der Waals surface area contributed by atoms with Gasteiger partial charge in [0, 0.05) is 0 Å². The van der Waals surface area contributed by atoms with Gasteiger partial charge in [0.05, 0.1) is 0 Å². The number of hydrogen-bond acceptors (Lipinski definition) is 0. The summed E-state index contributed by atoms with van der Waals surface area (Å²) in [6.07, 6.45) is 2.73. The molecule has 1 rings (SSSR count). The summed E-state index contributed by atoms with van der Waals surface area (Å²) in [4.78, 5) is 0. The van der Waals surface area contributed by atoms with Gasteiger partial charge in [0.1, 0.15) is 0 Å². The smallest absolute Gasteiger partial charge is 0.0229 e. The standard InChI is InChI=1S/C8H14/c1-6-4-5-7(2)8(6)3/h6H,4-5H2,1-3H3. The first-order valence-electron chi connectivity index (χ1n) is 3.38. The minimum Gasteiger partial charge on any atom is -0.0741 e. The molecule has 1 atom stereocenters. The molecule has 1 aliphatic carbocycles. The van der Waals surface area contributed by atoms with Crippen molar-refractivity contribution < 1.29 is 0 Å². The van der Waals surface area contributed by atoms with Gasteiger partial charge in [-0.3, -0.25) is 0 Å². The highest BCUT2D eigenvalue weighted by Crippen LogP contribution is 2.30. The van der Waals surface area contributed by atoms with Crippen molar-refractivity contribution in [2.75, 3.05) is 0 Å². The second-order valence-electron chi connectivity index (χ2n) is 2.90. The first kappa shape index (κ1) is 5.87. The fourth-order valence-corrected chi connectivity index (χ4v) is 1.27. The van der Waals surface area contributed by atoms with Crippen LogP contribution in [0.3, 0.4) is 0 Å². The molecule has 8 heavy (non-hydrogen) atoms. The summed E-state index contributed by atoms with van der Waals surface area (Å²) in [5.74, 6) is 0.870. The van der Waals surface area contributed by atoms with Crippen LogP contribution in [-0.4, -0.2) is 0 Å². The van der Waals surface area contributed by atoms with Crippen LogP contribution >= 0.6 is 0 Å². The molecular weight excluding hydrogens is 96.1 g/mol. The maximum atomic E-state index is 2.31. The van der Waals surface area contributed by atoms with Gasteiger partial charge in [-0.25, -0.2) is 0 Å². The van der Waals surface area contributed by atoms with Crippen molar-refractivity contribution in [1.29, 1.82) is 0 Å². The first-order chi connectivity index (χ1) is 3.72. The number of rotatable bonds is 0. The molecule has 0 saturated heterocycles. The van der Waals surface area contributed by atoms with Crippen molar-refractivity contribution in [2.45, 2.75) is 33.6 Å². The van der Waals surface area contributed by atoms with Crippen molar-refractivity contribution in [3.8, 4) is 0 Å². The predicted molar refractivity (Wildman–Crippen MR) is 36.8 cm³/mol. The van der Waals surface area contributed by atoms with E-state index in [2.05, 4.69) is 20.8 Å². The molecule has 46 valence electrons. The molecule has 0 nitrogen and oxygen atoms in total. The highest BCUT2D eigenvalue weighted by atomic mass is 14.2. The van der Waals surface area contributed by atoms with E-state index in [4.69, 9.17) is 0 Å². The summed E-state index contributed by atoms with van der Waals surface area (Å²) in [6, 6.07) is 0. The zero-order valence-corrected chi connectivity index (χ0v) is 5.99. The van der Waals surface area contributed by atoms with E-state index in [-0.39, 0.29) is 0 Å². The Morgan fingerprint density at radius 1 is 1.38 bits per heavy atom. The van der Waals surface area contributed by atoms with E-state index < -0.39 is 0 Å². The third-order valence-corrected chi connectivity index (χ3v) is 2.36. The molecule has 1 unspecified atom stereocenters. The molecule has 0 amide bonds. The normalized spacial score (nSPS) is 29.6. The second kappa shape index (κ2) is 1.93. The molecule has 0 aliphatic heterocycles. The topological polar surface area (TPSA) is 0 Å². The van der Waals surface area contributed by atoms with Crippen LogP contribution in [-0.2, 0) is 0 Å². The number of hydrogen-bond donors (Lipinski definition) is 0. The molecule has 1 aliphatic rings. The average molecular weight is 110 g/mol. The molecule has 0 heteroatoms. The lowest BCUT2D eigenvalue weighted by atomic mass is 10.1. The third kappa shape index (κ3) is 0.795. The Morgan fingerprint density at radius 2 is 2.00 bits per heavy atom. The van der Waals surface area contributed by atoms with Gasteiger partial charge >= 0.3 is 0 Å². The lowest BCUT2D eigenvalue weighted by Crippen LogP contribution is -1.86. The summed E-state index contributed by atoms with van der Waals surface area (Å²) in [6.45, 7) is 6.82. The van der Waals surface area contributed by atoms with Crippen molar-refractivity contribution in [2.24, 2.45) is 5.92 Å². The molecule has 0 aromatic carbocycles. The lowest BCUT2D eigenvalue weighted by Gasteiger charge is -2.00. The molecule has 0 radical (unpaired) electrons. The van der Waals surface area contributed by atoms with Crippen molar-refractivity contribution in [3.63, 3.8) is 0 Å². The van der Waals surface area contributed by atoms with Crippen LogP contribution in [0, 0.1) is 5.92 Å². The average Bonchev–Trinajstić information content (AvgIpc) is 1.98. The first-order valence-corrected chi connectivity index (χ1v) is 3.38. The van der Waals surface area contributed by atoms with Crippen LogP contribution in [0.15, 0.2) is 11.1 Å². The Balaban J connectivity index is 2.71. The quantitative estimate of drug-likeness (QED) is 0.420. The minimum atomic E-state index is 0.870. The molecular formula is C8H14. The zero-order chi connectivity index (χ0) is 6.15. The zero-order valence-electron chi connectivity index (χ0n) is 5.99. The van der Waals surface area contributed by atoms with Gasteiger partial charge in [0.25, 0.3) is 0 Å². The Labute approximate surface area is 51.6 Å². The monoisotopic (exact) mass is 110 g/mol. The summed E-state index contributed by atoms with van der Waals surface area (Å²) >= 11 is 0. The Morgan fingerprint density at radius 3 is 2.12 bits per heavy atom. The second-order valence-corrected chi connectivity index (χ2v) is 2.90. The lowest BCUT2D eigenvalue weighted by molar-refractivity contribution is 0.669. The van der Waals surface area contributed by atoms with Gasteiger partial charge in [0.15, 0.2) is 0 Å². The Bertz CT molecular complexity index is 120. The highest BCUT2D eigenvalue weighted by molar-refractivity contribution is 5.17. The Hall–Kier alpha value is -0.260. The van der Waals surface area contributed by atoms with E-state index in [9.17, 15) is 0 Å². The molecule has 0 fully saturated rings.